The van der Waals surface area contributed by atoms with Gasteiger partial charge in [-0.2, -0.15) is 5.10 Å². The Hall–Kier alpha value is -2.99. The molecule has 4 rings (SSSR count). The molecule has 0 unspecified atom stereocenters. The summed E-state index contributed by atoms with van der Waals surface area (Å²) in [5.41, 5.74) is 2.79. The number of hydrogen-bond donors (Lipinski definition) is 0. The average molecular weight is 419 g/mol. The Morgan fingerprint density at radius 3 is 2.71 bits per heavy atom. The molecule has 1 fully saturated rings. The summed E-state index contributed by atoms with van der Waals surface area (Å²) in [6.45, 7) is 5.36. The second kappa shape index (κ2) is 10.4. The fourth-order valence-corrected chi connectivity index (χ4v) is 4.09. The molecule has 1 aliphatic rings. The number of benzene rings is 1. The summed E-state index contributed by atoms with van der Waals surface area (Å²) in [5, 5.41) is 4.41. The first kappa shape index (κ1) is 21.2. The third-order valence-electron chi connectivity index (χ3n) is 5.81. The van der Waals surface area contributed by atoms with Gasteiger partial charge < -0.3 is 9.64 Å². The monoisotopic (exact) mass is 418 g/mol. The number of ether oxygens (including phenoxy) is 1. The summed E-state index contributed by atoms with van der Waals surface area (Å²) >= 11 is 0. The molecule has 162 valence electrons. The van der Waals surface area contributed by atoms with Gasteiger partial charge in [0.25, 0.3) is 0 Å². The van der Waals surface area contributed by atoms with Crippen molar-refractivity contribution in [2.45, 2.75) is 45.1 Å². The van der Waals surface area contributed by atoms with Gasteiger partial charge in [0.2, 0.25) is 0 Å². The zero-order chi connectivity index (χ0) is 21.5. The fraction of sp³-hybridized carbons (Fsp3) is 0.400. The van der Waals surface area contributed by atoms with Crippen LogP contribution >= 0.6 is 0 Å². The first-order valence-corrected chi connectivity index (χ1v) is 11.1. The molecule has 2 aromatic heterocycles. The number of ketones is 1. The van der Waals surface area contributed by atoms with Crippen molar-refractivity contribution in [3.8, 4) is 11.4 Å². The molecule has 1 aliphatic heterocycles. The Bertz CT molecular complexity index is 969. The minimum absolute atomic E-state index is 0.152. The number of rotatable bonds is 10. The van der Waals surface area contributed by atoms with Crippen molar-refractivity contribution in [2.24, 2.45) is 0 Å². The first-order valence-electron chi connectivity index (χ1n) is 11.1. The lowest BCUT2D eigenvalue weighted by molar-refractivity contribution is -0.117. The molecule has 1 aromatic carbocycles. The van der Waals surface area contributed by atoms with Crippen LogP contribution in [0.5, 0.6) is 5.75 Å². The Morgan fingerprint density at radius 2 is 1.97 bits per heavy atom. The van der Waals surface area contributed by atoms with E-state index in [2.05, 4.69) is 21.9 Å². The summed E-state index contributed by atoms with van der Waals surface area (Å²) in [5.74, 6) is 1.02. The maximum absolute atomic E-state index is 12.3. The van der Waals surface area contributed by atoms with Gasteiger partial charge >= 0.3 is 0 Å². The van der Waals surface area contributed by atoms with Crippen LogP contribution in [0.2, 0.25) is 0 Å². The highest BCUT2D eigenvalue weighted by Crippen LogP contribution is 2.18. The number of carbonyl (C=O) groups excluding carboxylic acids is 1. The van der Waals surface area contributed by atoms with Crippen LogP contribution in [0.25, 0.3) is 5.69 Å². The second-order valence-electron chi connectivity index (χ2n) is 8.27. The molecule has 6 heteroatoms. The van der Waals surface area contributed by atoms with Crippen molar-refractivity contribution >= 4 is 5.78 Å². The molecule has 3 heterocycles. The molecule has 0 saturated carbocycles. The lowest BCUT2D eigenvalue weighted by Crippen LogP contribution is -2.28. The van der Waals surface area contributed by atoms with Gasteiger partial charge in [-0.15, -0.1) is 0 Å². The number of nitrogens with zero attached hydrogens (tertiary/aromatic N) is 4. The SMILES string of the molecule is C[C@@H]1CCCN1CCCOc1ccc(-n2cc(CC(=O)Cc3cccnc3)cn2)cc1. The molecular formula is C25H30N4O2. The quantitative estimate of drug-likeness (QED) is 0.468. The summed E-state index contributed by atoms with van der Waals surface area (Å²) in [4.78, 5) is 18.9. The van der Waals surface area contributed by atoms with E-state index in [4.69, 9.17) is 4.74 Å². The third kappa shape index (κ3) is 6.01. The van der Waals surface area contributed by atoms with Crippen LogP contribution in [0.1, 0.15) is 37.3 Å². The van der Waals surface area contributed by atoms with Gasteiger partial charge in [0.05, 0.1) is 18.5 Å². The summed E-state index contributed by atoms with van der Waals surface area (Å²) in [6, 6.07) is 12.4. The Kier molecular flexibility index (Phi) is 7.10. The molecular weight excluding hydrogens is 388 g/mol. The number of hydrogen-bond acceptors (Lipinski definition) is 5. The Labute approximate surface area is 183 Å². The number of aromatic nitrogens is 3. The summed E-state index contributed by atoms with van der Waals surface area (Å²) < 4.78 is 7.70. The number of likely N-dealkylation sites (tertiary alicyclic amines) is 1. The maximum Gasteiger partial charge on any atom is 0.141 e. The molecule has 31 heavy (non-hydrogen) atoms. The molecule has 0 amide bonds. The van der Waals surface area contributed by atoms with E-state index in [-0.39, 0.29) is 5.78 Å². The minimum atomic E-state index is 0.152. The predicted octanol–water partition coefficient (Wildman–Crippen LogP) is 3.87. The second-order valence-corrected chi connectivity index (χ2v) is 8.27. The van der Waals surface area contributed by atoms with Gasteiger partial charge in [-0.1, -0.05) is 6.07 Å². The van der Waals surface area contributed by atoms with Crippen LogP contribution in [-0.2, 0) is 17.6 Å². The van der Waals surface area contributed by atoms with Crippen molar-refractivity contribution in [2.75, 3.05) is 19.7 Å². The molecule has 3 aromatic rings. The highest BCUT2D eigenvalue weighted by molar-refractivity contribution is 5.82. The molecule has 1 saturated heterocycles. The topological polar surface area (TPSA) is 60.2 Å². The molecule has 6 nitrogen and oxygen atoms in total. The standard InChI is InChI=1S/C25H30N4O2/c1-20-5-3-12-28(20)13-4-14-31-25-9-7-23(8-10-25)29-19-22(18-27-29)16-24(30)15-21-6-2-11-26-17-21/h2,6-11,17-20H,3-5,12-16H2,1H3/t20-/m1/s1. The summed E-state index contributed by atoms with van der Waals surface area (Å²) in [7, 11) is 0. The van der Waals surface area contributed by atoms with E-state index < -0.39 is 0 Å². The van der Waals surface area contributed by atoms with E-state index in [9.17, 15) is 4.79 Å². The zero-order valence-corrected chi connectivity index (χ0v) is 18.1. The van der Waals surface area contributed by atoms with Gasteiger partial charge in [0.15, 0.2) is 0 Å². The zero-order valence-electron chi connectivity index (χ0n) is 18.1. The van der Waals surface area contributed by atoms with Crippen molar-refractivity contribution in [3.05, 3.63) is 72.3 Å². The normalized spacial score (nSPS) is 16.5. The fourth-order valence-electron chi connectivity index (χ4n) is 4.09. The van der Waals surface area contributed by atoms with Gasteiger partial charge in [-0.05, 0) is 74.2 Å². The van der Waals surface area contributed by atoms with E-state index >= 15 is 0 Å². The number of pyridine rings is 1. The van der Waals surface area contributed by atoms with Gasteiger partial charge in [0, 0.05) is 44.0 Å². The average Bonchev–Trinajstić information content (AvgIpc) is 3.41. The smallest absolute Gasteiger partial charge is 0.141 e. The van der Waals surface area contributed by atoms with Crippen LogP contribution in [-0.4, -0.2) is 51.2 Å². The molecule has 0 bridgehead atoms. The van der Waals surface area contributed by atoms with Crippen molar-refractivity contribution in [3.63, 3.8) is 0 Å². The van der Waals surface area contributed by atoms with Crippen LogP contribution in [0.4, 0.5) is 0 Å². The molecule has 0 spiro atoms. The minimum Gasteiger partial charge on any atom is -0.494 e. The van der Waals surface area contributed by atoms with Crippen molar-refractivity contribution in [1.29, 1.82) is 0 Å². The van der Waals surface area contributed by atoms with Gasteiger partial charge in [0.1, 0.15) is 11.5 Å². The van der Waals surface area contributed by atoms with Gasteiger partial charge in [-0.3, -0.25) is 9.78 Å². The molecule has 0 aliphatic carbocycles. The van der Waals surface area contributed by atoms with Crippen LogP contribution in [0.15, 0.2) is 61.2 Å². The first-order chi connectivity index (χ1) is 15.2. The molecule has 0 radical (unpaired) electrons. The maximum atomic E-state index is 12.3. The number of Topliss-reactive ketones (excluding diaryl/α,β-unsaturated/α-hetero) is 1. The van der Waals surface area contributed by atoms with E-state index in [0.717, 1.165) is 42.1 Å². The van der Waals surface area contributed by atoms with Gasteiger partial charge in [-0.25, -0.2) is 4.68 Å². The number of carbonyl (C=O) groups is 1. The van der Waals surface area contributed by atoms with E-state index in [1.807, 2.05) is 42.6 Å². The van der Waals surface area contributed by atoms with Crippen LogP contribution < -0.4 is 4.74 Å². The summed E-state index contributed by atoms with van der Waals surface area (Å²) in [6.07, 6.45) is 11.5. The highest BCUT2D eigenvalue weighted by Gasteiger charge is 2.19. The third-order valence-corrected chi connectivity index (χ3v) is 5.81. The predicted molar refractivity (Wildman–Crippen MR) is 121 cm³/mol. The highest BCUT2D eigenvalue weighted by atomic mass is 16.5. The lowest BCUT2D eigenvalue weighted by Gasteiger charge is -2.20. The molecule has 0 N–H and O–H groups in total. The van der Waals surface area contributed by atoms with Crippen LogP contribution in [0.3, 0.4) is 0 Å². The van der Waals surface area contributed by atoms with E-state index in [1.165, 1.54) is 19.4 Å². The van der Waals surface area contributed by atoms with Crippen LogP contribution in [0, 0.1) is 0 Å². The Morgan fingerprint density at radius 1 is 1.13 bits per heavy atom. The molecule has 1 atom stereocenters. The van der Waals surface area contributed by atoms with Crippen molar-refractivity contribution in [1.82, 2.24) is 19.7 Å². The van der Waals surface area contributed by atoms with Crippen molar-refractivity contribution < 1.29 is 9.53 Å². The Balaban J connectivity index is 1.24. The van der Waals surface area contributed by atoms with E-state index in [1.54, 1.807) is 23.3 Å². The largest absolute Gasteiger partial charge is 0.494 e. The van der Waals surface area contributed by atoms with E-state index in [0.29, 0.717) is 18.9 Å². The lowest BCUT2D eigenvalue weighted by atomic mass is 10.1.